The average molecular weight is 279 g/mol. The van der Waals surface area contributed by atoms with Gasteiger partial charge in [0.05, 0.1) is 12.2 Å². The van der Waals surface area contributed by atoms with Gasteiger partial charge in [0, 0.05) is 25.7 Å². The van der Waals surface area contributed by atoms with Crippen LogP contribution in [-0.2, 0) is 16.0 Å². The summed E-state index contributed by atoms with van der Waals surface area (Å²) in [6, 6.07) is 0.155. The summed E-state index contributed by atoms with van der Waals surface area (Å²) in [5.74, 6) is 0. The molecule has 0 spiro atoms. The average Bonchev–Trinajstić information content (AvgIpc) is 2.94. The van der Waals surface area contributed by atoms with Gasteiger partial charge in [-0.05, 0) is 32.8 Å². The second-order valence-electron chi connectivity index (χ2n) is 6.07. The van der Waals surface area contributed by atoms with Crippen LogP contribution in [0.4, 0.5) is 4.79 Å². The quantitative estimate of drug-likeness (QED) is 0.791. The van der Waals surface area contributed by atoms with Crippen LogP contribution >= 0.6 is 0 Å². The lowest BCUT2D eigenvalue weighted by molar-refractivity contribution is -0.107. The molecule has 6 heteroatoms. The first-order valence-electron chi connectivity index (χ1n) is 6.83. The molecule has 0 saturated carbocycles. The topological polar surface area (TPSA) is 64.4 Å². The minimum Gasteiger partial charge on any atom is -0.444 e. The number of aromatic nitrogens is 2. The molecule has 20 heavy (non-hydrogen) atoms. The van der Waals surface area contributed by atoms with Gasteiger partial charge in [-0.2, -0.15) is 5.10 Å². The molecule has 0 aromatic carbocycles. The number of carbonyl (C=O) groups excluding carboxylic acids is 2. The Labute approximate surface area is 118 Å². The minimum atomic E-state index is -0.474. The number of carbonyl (C=O) groups is 2. The van der Waals surface area contributed by atoms with E-state index in [9.17, 15) is 9.59 Å². The van der Waals surface area contributed by atoms with Crippen LogP contribution in [0.2, 0.25) is 0 Å². The summed E-state index contributed by atoms with van der Waals surface area (Å²) in [4.78, 5) is 24.2. The Morgan fingerprint density at radius 1 is 1.55 bits per heavy atom. The summed E-state index contributed by atoms with van der Waals surface area (Å²) in [5.41, 5.74) is 0.425. The number of nitrogens with zero attached hydrogens (tertiary/aromatic N) is 3. The van der Waals surface area contributed by atoms with E-state index in [1.54, 1.807) is 11.1 Å². The van der Waals surface area contributed by atoms with Crippen molar-refractivity contribution in [2.45, 2.75) is 45.3 Å². The molecule has 6 nitrogen and oxygen atoms in total. The number of hydrogen-bond acceptors (Lipinski definition) is 4. The minimum absolute atomic E-state index is 0.155. The third-order valence-corrected chi connectivity index (χ3v) is 3.16. The molecular weight excluding hydrogens is 258 g/mol. The van der Waals surface area contributed by atoms with E-state index in [1.807, 2.05) is 31.6 Å². The molecule has 110 valence electrons. The van der Waals surface area contributed by atoms with Crippen LogP contribution in [-0.4, -0.2) is 45.8 Å². The zero-order chi connectivity index (χ0) is 14.8. The molecule has 1 atom stereocenters. The van der Waals surface area contributed by atoms with E-state index in [0.717, 1.165) is 18.3 Å². The third kappa shape index (κ3) is 3.59. The van der Waals surface area contributed by atoms with Crippen molar-refractivity contribution in [2.24, 2.45) is 0 Å². The van der Waals surface area contributed by atoms with E-state index in [1.165, 1.54) is 0 Å². The first-order chi connectivity index (χ1) is 9.39. The highest BCUT2D eigenvalue weighted by Gasteiger charge is 2.30. The summed E-state index contributed by atoms with van der Waals surface area (Å²) in [5, 5.41) is 4.26. The van der Waals surface area contributed by atoms with Crippen molar-refractivity contribution in [1.82, 2.24) is 14.7 Å². The van der Waals surface area contributed by atoms with Crippen LogP contribution in [0.15, 0.2) is 12.4 Å². The second kappa shape index (κ2) is 5.64. The lowest BCUT2D eigenvalue weighted by Gasteiger charge is -2.24. The first kappa shape index (κ1) is 14.6. The molecule has 1 aliphatic rings. The lowest BCUT2D eigenvalue weighted by Crippen LogP contribution is -2.35. The molecule has 0 radical (unpaired) electrons. The van der Waals surface area contributed by atoms with Crippen LogP contribution in [0.3, 0.4) is 0 Å². The molecule has 1 aromatic rings. The lowest BCUT2D eigenvalue weighted by atomic mass is 10.2. The predicted octanol–water partition coefficient (Wildman–Crippen LogP) is 1.81. The fraction of sp³-hybridized carbons (Fsp3) is 0.643. The maximum atomic E-state index is 12.0. The van der Waals surface area contributed by atoms with Crippen molar-refractivity contribution in [2.75, 3.05) is 13.1 Å². The Kier molecular flexibility index (Phi) is 4.11. The van der Waals surface area contributed by atoms with Crippen LogP contribution in [0.1, 0.15) is 38.8 Å². The highest BCUT2D eigenvalue weighted by molar-refractivity contribution is 5.68. The van der Waals surface area contributed by atoms with Gasteiger partial charge < -0.3 is 14.4 Å². The Morgan fingerprint density at radius 3 is 2.95 bits per heavy atom. The molecule has 1 aromatic heterocycles. The molecular formula is C14H21N3O3. The molecule has 1 saturated heterocycles. The van der Waals surface area contributed by atoms with Crippen molar-refractivity contribution in [3.8, 4) is 0 Å². The first-order valence-corrected chi connectivity index (χ1v) is 6.83. The van der Waals surface area contributed by atoms with Gasteiger partial charge in [0.1, 0.15) is 11.9 Å². The van der Waals surface area contributed by atoms with Gasteiger partial charge in [-0.3, -0.25) is 4.68 Å². The van der Waals surface area contributed by atoms with Gasteiger partial charge in [0.2, 0.25) is 0 Å². The SMILES string of the molecule is CC(C)(C)OC(=O)N1CC[C@@H](n2cc(CC=O)cn2)C1. The fourth-order valence-corrected chi connectivity index (χ4v) is 2.23. The highest BCUT2D eigenvalue weighted by atomic mass is 16.6. The maximum Gasteiger partial charge on any atom is 0.410 e. The van der Waals surface area contributed by atoms with E-state index >= 15 is 0 Å². The molecule has 0 N–H and O–H groups in total. The molecule has 1 aliphatic heterocycles. The molecule has 2 rings (SSSR count). The van der Waals surface area contributed by atoms with Gasteiger partial charge in [0.25, 0.3) is 0 Å². The van der Waals surface area contributed by atoms with Crippen LogP contribution in [0, 0.1) is 0 Å². The summed E-state index contributed by atoms with van der Waals surface area (Å²) >= 11 is 0. The summed E-state index contributed by atoms with van der Waals surface area (Å²) < 4.78 is 7.20. The number of rotatable bonds is 3. The molecule has 0 bridgehead atoms. The van der Waals surface area contributed by atoms with Gasteiger partial charge in [0.15, 0.2) is 0 Å². The number of likely N-dealkylation sites (tertiary alicyclic amines) is 1. The van der Waals surface area contributed by atoms with Crippen molar-refractivity contribution < 1.29 is 14.3 Å². The van der Waals surface area contributed by atoms with E-state index in [0.29, 0.717) is 19.5 Å². The van der Waals surface area contributed by atoms with Crippen molar-refractivity contribution >= 4 is 12.4 Å². The van der Waals surface area contributed by atoms with Crippen molar-refractivity contribution in [3.63, 3.8) is 0 Å². The highest BCUT2D eigenvalue weighted by Crippen LogP contribution is 2.23. The summed E-state index contributed by atoms with van der Waals surface area (Å²) in [7, 11) is 0. The fourth-order valence-electron chi connectivity index (χ4n) is 2.23. The van der Waals surface area contributed by atoms with E-state index < -0.39 is 5.60 Å². The number of ether oxygens (including phenoxy) is 1. The van der Waals surface area contributed by atoms with Crippen LogP contribution in [0.25, 0.3) is 0 Å². The van der Waals surface area contributed by atoms with Crippen molar-refractivity contribution in [3.05, 3.63) is 18.0 Å². The second-order valence-corrected chi connectivity index (χ2v) is 6.07. The number of hydrogen-bond donors (Lipinski definition) is 0. The zero-order valence-electron chi connectivity index (χ0n) is 12.2. The zero-order valence-corrected chi connectivity index (χ0v) is 12.2. The maximum absolute atomic E-state index is 12.0. The Hall–Kier alpha value is -1.85. The molecule has 2 heterocycles. The molecule has 0 aliphatic carbocycles. The van der Waals surface area contributed by atoms with Crippen LogP contribution in [0.5, 0.6) is 0 Å². The monoisotopic (exact) mass is 279 g/mol. The molecule has 0 unspecified atom stereocenters. The van der Waals surface area contributed by atoms with Gasteiger partial charge in [-0.25, -0.2) is 4.79 Å². The Morgan fingerprint density at radius 2 is 2.30 bits per heavy atom. The van der Waals surface area contributed by atoms with Gasteiger partial charge in [-0.15, -0.1) is 0 Å². The number of aldehydes is 1. The van der Waals surface area contributed by atoms with Gasteiger partial charge >= 0.3 is 6.09 Å². The van der Waals surface area contributed by atoms with E-state index in [-0.39, 0.29) is 12.1 Å². The standard InChI is InChI=1S/C14H21N3O3/c1-14(2,3)20-13(19)16-6-4-12(10-16)17-9-11(5-7-18)8-15-17/h7-9,12H,4-6,10H2,1-3H3/t12-/m1/s1. The van der Waals surface area contributed by atoms with Gasteiger partial charge in [-0.1, -0.05) is 0 Å². The van der Waals surface area contributed by atoms with Crippen molar-refractivity contribution in [1.29, 1.82) is 0 Å². The Balaban J connectivity index is 1.94. The normalized spacial score (nSPS) is 19.1. The molecule has 1 fully saturated rings. The summed E-state index contributed by atoms with van der Waals surface area (Å²) in [6.45, 7) is 6.84. The molecule has 1 amide bonds. The largest absolute Gasteiger partial charge is 0.444 e. The van der Waals surface area contributed by atoms with E-state index in [4.69, 9.17) is 4.74 Å². The predicted molar refractivity (Wildman–Crippen MR) is 73.5 cm³/mol. The Bertz CT molecular complexity index is 490. The van der Waals surface area contributed by atoms with Crippen LogP contribution < -0.4 is 0 Å². The smallest absolute Gasteiger partial charge is 0.410 e. The third-order valence-electron chi connectivity index (χ3n) is 3.16. The number of amides is 1. The van der Waals surface area contributed by atoms with E-state index in [2.05, 4.69) is 5.10 Å². The summed E-state index contributed by atoms with van der Waals surface area (Å²) in [6.07, 6.45) is 5.38.